The van der Waals surface area contributed by atoms with E-state index >= 15 is 0 Å². The van der Waals surface area contributed by atoms with Gasteiger partial charge in [0.25, 0.3) is 0 Å². The predicted molar refractivity (Wildman–Crippen MR) is 185 cm³/mol. The molecule has 1 unspecified atom stereocenters. The number of nitrogens with one attached hydrogen (secondary N) is 3. The van der Waals surface area contributed by atoms with Crippen LogP contribution < -0.4 is 10.6 Å². The fourth-order valence-corrected chi connectivity index (χ4v) is 6.24. The first-order valence-electron chi connectivity index (χ1n) is 15.0. The summed E-state index contributed by atoms with van der Waals surface area (Å²) >= 11 is 0. The zero-order valence-corrected chi connectivity index (χ0v) is 24.6. The van der Waals surface area contributed by atoms with Gasteiger partial charge in [-0.1, -0.05) is 102 Å². The number of para-hydroxylation sites is 1. The van der Waals surface area contributed by atoms with Crippen LogP contribution in [0.4, 0.5) is 0 Å². The van der Waals surface area contributed by atoms with Gasteiger partial charge in [0, 0.05) is 28.0 Å². The van der Waals surface area contributed by atoms with E-state index in [1.807, 2.05) is 42.5 Å². The summed E-state index contributed by atoms with van der Waals surface area (Å²) in [6.45, 7) is 0. The second kappa shape index (κ2) is 11.2. The Labute approximate surface area is 265 Å². The molecule has 0 saturated carbocycles. The number of fused-ring (bicyclic) bond motifs is 4. The fraction of sp³-hybridized carbons (Fsp3) is 0.0244. The van der Waals surface area contributed by atoms with Crippen LogP contribution in [0.3, 0.4) is 0 Å². The van der Waals surface area contributed by atoms with Gasteiger partial charge in [0.15, 0.2) is 0 Å². The molecule has 0 aliphatic carbocycles. The number of rotatable bonds is 5. The Kier molecular flexibility index (Phi) is 6.56. The van der Waals surface area contributed by atoms with Gasteiger partial charge in [-0.2, -0.15) is 5.26 Å². The molecule has 7 aromatic rings. The summed E-state index contributed by atoms with van der Waals surface area (Å²) in [5.41, 5.74) is 15.3. The topological polar surface area (TPSA) is 84.8 Å². The highest BCUT2D eigenvalue weighted by Gasteiger charge is 2.16. The minimum atomic E-state index is -0.204. The molecule has 3 N–H and O–H groups in total. The number of amidine groups is 1. The first kappa shape index (κ1) is 27.0. The third-order valence-electron chi connectivity index (χ3n) is 8.49. The lowest BCUT2D eigenvalue weighted by molar-refractivity contribution is 0.657. The van der Waals surface area contributed by atoms with Crippen LogP contribution in [-0.4, -0.2) is 12.0 Å². The van der Waals surface area contributed by atoms with Crippen LogP contribution in [0.2, 0.25) is 0 Å². The van der Waals surface area contributed by atoms with E-state index in [2.05, 4.69) is 113 Å². The van der Waals surface area contributed by atoms with E-state index < -0.39 is 0 Å². The van der Waals surface area contributed by atoms with E-state index in [-0.39, 0.29) is 6.17 Å². The summed E-state index contributed by atoms with van der Waals surface area (Å²) in [6, 6.07) is 43.4. The van der Waals surface area contributed by atoms with Crippen LogP contribution in [0.5, 0.6) is 0 Å². The Hall–Kier alpha value is -6.56. The van der Waals surface area contributed by atoms with Gasteiger partial charge in [-0.25, -0.2) is 0 Å². The standard InChI is InChI=1S/C41H26N4O/c42-25-26-14-16-27(17-15-26)33-11-6-12-36-37-24-29(18-21-38(37)46-40(33)36)32-20-19-31(34-9-1-2-10-35(32)34)28-7-5-8-30(23-28)41(43)45-39-13-3-4-22-44-39/h1-2,5-24,39,44H,(H2,43,45). The molecule has 0 amide bonds. The number of nitrogens with zero attached hydrogens (tertiary/aromatic N) is 1. The minimum absolute atomic E-state index is 0.204. The lowest BCUT2D eigenvalue weighted by atomic mass is 9.91. The smallest absolute Gasteiger partial charge is 0.143 e. The second-order valence-corrected chi connectivity index (χ2v) is 11.2. The summed E-state index contributed by atoms with van der Waals surface area (Å²) in [6.07, 6.45) is 3.30. The second-order valence-electron chi connectivity index (χ2n) is 11.2. The molecule has 1 aliphatic heterocycles. The van der Waals surface area contributed by atoms with Gasteiger partial charge in [0.2, 0.25) is 0 Å². The van der Waals surface area contributed by atoms with Gasteiger partial charge in [-0.05, 0) is 68.9 Å². The van der Waals surface area contributed by atoms with Crippen molar-refractivity contribution in [1.29, 1.82) is 10.7 Å². The quantitative estimate of drug-likeness (QED) is 0.106. The average molecular weight is 591 g/mol. The SMILES string of the molecule is N#Cc1ccc(-c2cccc3c2oc2ccc(-c4ccc(-c5cccc(C(=N)NC6C=C=C=CN6)c5)c5ccccc45)cc23)cc1. The van der Waals surface area contributed by atoms with Crippen molar-refractivity contribution in [2.75, 3.05) is 0 Å². The normalized spacial score (nSPS) is 13.6. The Morgan fingerprint density at radius 2 is 1.41 bits per heavy atom. The highest BCUT2D eigenvalue weighted by Crippen LogP contribution is 2.40. The van der Waals surface area contributed by atoms with Crippen molar-refractivity contribution in [2.24, 2.45) is 0 Å². The van der Waals surface area contributed by atoms with Gasteiger partial charge in [-0.15, -0.1) is 0 Å². The van der Waals surface area contributed by atoms with Crippen molar-refractivity contribution >= 4 is 38.5 Å². The van der Waals surface area contributed by atoms with E-state index in [9.17, 15) is 5.26 Å². The highest BCUT2D eigenvalue weighted by molar-refractivity contribution is 6.12. The van der Waals surface area contributed by atoms with Gasteiger partial charge >= 0.3 is 0 Å². The summed E-state index contributed by atoms with van der Waals surface area (Å²) < 4.78 is 6.43. The van der Waals surface area contributed by atoms with Crippen LogP contribution in [0.15, 0.2) is 149 Å². The fourth-order valence-electron chi connectivity index (χ4n) is 6.24. The largest absolute Gasteiger partial charge is 0.455 e. The number of benzene rings is 6. The molecule has 1 atom stereocenters. The first-order valence-corrected chi connectivity index (χ1v) is 15.0. The molecule has 6 aromatic carbocycles. The maximum atomic E-state index is 9.22. The summed E-state index contributed by atoms with van der Waals surface area (Å²) in [7, 11) is 0. The van der Waals surface area contributed by atoms with E-state index in [4.69, 9.17) is 9.83 Å². The molecule has 216 valence electrons. The van der Waals surface area contributed by atoms with Crippen molar-refractivity contribution in [3.05, 3.63) is 156 Å². The zero-order chi connectivity index (χ0) is 31.0. The van der Waals surface area contributed by atoms with E-state index in [1.165, 1.54) is 0 Å². The molecule has 5 nitrogen and oxygen atoms in total. The Balaban J connectivity index is 1.19. The third kappa shape index (κ3) is 4.74. The van der Waals surface area contributed by atoms with Crippen molar-refractivity contribution in [3.63, 3.8) is 0 Å². The molecule has 5 heteroatoms. The van der Waals surface area contributed by atoms with E-state index in [0.717, 1.165) is 71.7 Å². The maximum Gasteiger partial charge on any atom is 0.143 e. The van der Waals surface area contributed by atoms with Crippen molar-refractivity contribution < 1.29 is 4.42 Å². The van der Waals surface area contributed by atoms with Crippen LogP contribution >= 0.6 is 0 Å². The van der Waals surface area contributed by atoms with Gasteiger partial charge in [0.05, 0.1) is 17.8 Å². The molecule has 0 spiro atoms. The number of hydrogen-bond donors (Lipinski definition) is 3. The monoisotopic (exact) mass is 590 g/mol. The molecule has 8 rings (SSSR count). The number of hydrogen-bond acceptors (Lipinski definition) is 4. The maximum absolute atomic E-state index is 9.22. The van der Waals surface area contributed by atoms with Crippen LogP contribution in [-0.2, 0) is 0 Å². The molecule has 0 bridgehead atoms. The van der Waals surface area contributed by atoms with E-state index in [0.29, 0.717) is 11.4 Å². The molecule has 1 aliphatic rings. The van der Waals surface area contributed by atoms with Gasteiger partial charge in [-0.3, -0.25) is 5.41 Å². The van der Waals surface area contributed by atoms with Crippen LogP contribution in [0, 0.1) is 16.7 Å². The molecule has 0 fully saturated rings. The van der Waals surface area contributed by atoms with Crippen molar-refractivity contribution in [3.8, 4) is 39.4 Å². The lowest BCUT2D eigenvalue weighted by Gasteiger charge is -2.18. The molecule has 1 aromatic heterocycles. The third-order valence-corrected chi connectivity index (χ3v) is 8.49. The lowest BCUT2D eigenvalue weighted by Crippen LogP contribution is -2.42. The summed E-state index contributed by atoms with van der Waals surface area (Å²) in [5, 5.41) is 28.6. The Morgan fingerprint density at radius 3 is 2.15 bits per heavy atom. The molecule has 0 radical (unpaired) electrons. The highest BCUT2D eigenvalue weighted by atomic mass is 16.3. The molecule has 2 heterocycles. The minimum Gasteiger partial charge on any atom is -0.455 e. The van der Waals surface area contributed by atoms with Gasteiger partial charge < -0.3 is 15.1 Å². The van der Waals surface area contributed by atoms with Crippen molar-refractivity contribution in [1.82, 2.24) is 10.6 Å². The van der Waals surface area contributed by atoms with Gasteiger partial charge in [0.1, 0.15) is 23.2 Å². The summed E-state index contributed by atoms with van der Waals surface area (Å²) in [4.78, 5) is 0. The first-order chi connectivity index (χ1) is 22.7. The number of nitriles is 1. The average Bonchev–Trinajstić information content (AvgIpc) is 3.50. The molecular formula is C41H26N4O. The van der Waals surface area contributed by atoms with Crippen LogP contribution in [0.1, 0.15) is 11.1 Å². The Morgan fingerprint density at radius 1 is 0.696 bits per heavy atom. The zero-order valence-electron chi connectivity index (χ0n) is 24.6. The van der Waals surface area contributed by atoms with Crippen molar-refractivity contribution in [2.45, 2.75) is 6.17 Å². The van der Waals surface area contributed by atoms with E-state index in [1.54, 1.807) is 6.20 Å². The number of furan rings is 1. The summed E-state index contributed by atoms with van der Waals surface area (Å²) in [5.74, 6) is 0.330. The molecule has 0 saturated heterocycles. The molecule has 46 heavy (non-hydrogen) atoms. The molecular weight excluding hydrogens is 564 g/mol. The predicted octanol–water partition coefficient (Wildman–Crippen LogP) is 9.28. The van der Waals surface area contributed by atoms with Crippen LogP contribution in [0.25, 0.3) is 66.1 Å². The Bertz CT molecular complexity index is 2480.